The van der Waals surface area contributed by atoms with E-state index in [-0.39, 0.29) is 31.3 Å². The number of benzene rings is 3. The van der Waals surface area contributed by atoms with E-state index in [1.54, 1.807) is 12.1 Å². The van der Waals surface area contributed by atoms with E-state index in [9.17, 15) is 14.3 Å². The van der Waals surface area contributed by atoms with Gasteiger partial charge in [-0.05, 0) is 35.4 Å². The molecule has 0 spiro atoms. The van der Waals surface area contributed by atoms with E-state index in [2.05, 4.69) is 10.3 Å². The minimum atomic E-state index is -0.757. The van der Waals surface area contributed by atoms with Gasteiger partial charge in [0.25, 0.3) is 0 Å². The number of hydrogen-bond acceptors (Lipinski definition) is 4. The summed E-state index contributed by atoms with van der Waals surface area (Å²) in [6.45, 7) is 1.14. The number of ether oxygens (including phenoxy) is 1. The molecule has 2 N–H and O–H groups in total. The number of imidazole rings is 1. The summed E-state index contributed by atoms with van der Waals surface area (Å²) in [7, 11) is 0. The van der Waals surface area contributed by atoms with Crippen molar-refractivity contribution in [2.45, 2.75) is 32.2 Å². The Bertz CT molecular complexity index is 1190. The zero-order valence-electron chi connectivity index (χ0n) is 18.2. The highest BCUT2D eigenvalue weighted by molar-refractivity contribution is 5.81. The fourth-order valence-corrected chi connectivity index (χ4v) is 3.62. The van der Waals surface area contributed by atoms with Gasteiger partial charge in [-0.1, -0.05) is 54.6 Å². The number of halogens is 1. The van der Waals surface area contributed by atoms with E-state index in [1.807, 2.05) is 59.2 Å². The smallest absolute Gasteiger partial charge is 0.227 e. The molecule has 1 aromatic heterocycles. The third kappa shape index (κ3) is 6.25. The minimum absolute atomic E-state index is 0.0630. The van der Waals surface area contributed by atoms with Gasteiger partial charge >= 0.3 is 0 Å². The van der Waals surface area contributed by atoms with Crippen molar-refractivity contribution in [3.8, 4) is 0 Å². The zero-order chi connectivity index (χ0) is 23.0. The summed E-state index contributed by atoms with van der Waals surface area (Å²) < 4.78 is 20.6. The third-order valence-electron chi connectivity index (χ3n) is 5.27. The predicted octanol–water partition coefficient (Wildman–Crippen LogP) is 3.61. The molecule has 0 fully saturated rings. The Morgan fingerprint density at radius 3 is 2.52 bits per heavy atom. The molecule has 1 heterocycles. The Balaban J connectivity index is 1.39. The van der Waals surface area contributed by atoms with Crippen molar-refractivity contribution in [1.82, 2.24) is 14.9 Å². The predicted molar refractivity (Wildman–Crippen MR) is 124 cm³/mol. The van der Waals surface area contributed by atoms with Crippen molar-refractivity contribution >= 4 is 16.9 Å². The number of nitrogens with one attached hydrogen (secondary N) is 1. The number of nitrogens with zero attached hydrogens (tertiary/aromatic N) is 2. The Hall–Kier alpha value is -3.55. The molecular weight excluding hydrogens is 421 g/mol. The topological polar surface area (TPSA) is 76.4 Å². The lowest BCUT2D eigenvalue weighted by atomic mass is 10.2. The number of carbonyl (C=O) groups excluding carboxylic acids is 1. The van der Waals surface area contributed by atoms with Gasteiger partial charge in [-0.15, -0.1) is 0 Å². The van der Waals surface area contributed by atoms with Crippen LogP contribution in [0.4, 0.5) is 4.39 Å². The van der Waals surface area contributed by atoms with Crippen LogP contribution in [0, 0.1) is 5.82 Å². The first-order valence-electron chi connectivity index (χ1n) is 10.8. The molecule has 7 heteroatoms. The quantitative estimate of drug-likeness (QED) is 0.389. The summed E-state index contributed by atoms with van der Waals surface area (Å²) in [5, 5.41) is 13.4. The van der Waals surface area contributed by atoms with Crippen LogP contribution in [0.1, 0.15) is 17.0 Å². The molecule has 1 atom stereocenters. The number of aromatic nitrogens is 2. The molecular formula is C26H26FN3O3. The molecule has 170 valence electrons. The second kappa shape index (κ2) is 10.8. The molecule has 0 aliphatic carbocycles. The average molecular weight is 448 g/mol. The van der Waals surface area contributed by atoms with Crippen LogP contribution < -0.4 is 5.32 Å². The first-order chi connectivity index (χ1) is 16.1. The van der Waals surface area contributed by atoms with Gasteiger partial charge in [-0.2, -0.15) is 0 Å². The summed E-state index contributed by atoms with van der Waals surface area (Å²) in [5.74, 6) is 0.0470. The number of aliphatic hydroxyl groups is 1. The molecule has 0 bridgehead atoms. The highest BCUT2D eigenvalue weighted by atomic mass is 19.1. The van der Waals surface area contributed by atoms with Gasteiger partial charge < -0.3 is 19.7 Å². The first kappa shape index (κ1) is 22.6. The van der Waals surface area contributed by atoms with Gasteiger partial charge in [0.1, 0.15) is 11.6 Å². The summed E-state index contributed by atoms with van der Waals surface area (Å²) in [6.07, 6.45) is -0.694. The van der Waals surface area contributed by atoms with Crippen LogP contribution >= 0.6 is 0 Å². The molecule has 0 aliphatic heterocycles. The van der Waals surface area contributed by atoms with E-state index in [4.69, 9.17) is 4.74 Å². The van der Waals surface area contributed by atoms with Crippen molar-refractivity contribution in [2.75, 3.05) is 6.61 Å². The first-order valence-corrected chi connectivity index (χ1v) is 10.8. The number of para-hydroxylation sites is 2. The maximum absolute atomic E-state index is 13.1. The molecule has 4 aromatic rings. The van der Waals surface area contributed by atoms with Crippen LogP contribution in [0.2, 0.25) is 0 Å². The van der Waals surface area contributed by atoms with Crippen molar-refractivity contribution < 1.29 is 19.0 Å². The van der Waals surface area contributed by atoms with Gasteiger partial charge in [0.05, 0.1) is 43.3 Å². The average Bonchev–Trinajstić information content (AvgIpc) is 3.16. The van der Waals surface area contributed by atoms with E-state index in [0.29, 0.717) is 19.0 Å². The molecule has 1 amide bonds. The van der Waals surface area contributed by atoms with E-state index in [0.717, 1.165) is 22.2 Å². The zero-order valence-corrected chi connectivity index (χ0v) is 18.2. The maximum atomic E-state index is 13.1. The Kier molecular flexibility index (Phi) is 7.44. The van der Waals surface area contributed by atoms with Crippen LogP contribution in [-0.2, 0) is 35.6 Å². The maximum Gasteiger partial charge on any atom is 0.227 e. The summed E-state index contributed by atoms with van der Waals surface area (Å²) >= 11 is 0. The van der Waals surface area contributed by atoms with Crippen LogP contribution in [0.25, 0.3) is 11.0 Å². The molecule has 4 rings (SSSR count). The molecule has 33 heavy (non-hydrogen) atoms. The number of hydrogen-bond donors (Lipinski definition) is 2. The van der Waals surface area contributed by atoms with E-state index < -0.39 is 6.10 Å². The number of fused-ring (bicyclic) bond motifs is 1. The molecule has 3 aromatic carbocycles. The van der Waals surface area contributed by atoms with Crippen molar-refractivity contribution in [3.05, 3.63) is 102 Å². The summed E-state index contributed by atoms with van der Waals surface area (Å²) in [6, 6.07) is 23.4. The molecule has 6 nitrogen and oxygen atoms in total. The Labute approximate surface area is 191 Å². The Morgan fingerprint density at radius 1 is 1.00 bits per heavy atom. The van der Waals surface area contributed by atoms with Gasteiger partial charge in [0.2, 0.25) is 5.91 Å². The molecule has 0 saturated heterocycles. The lowest BCUT2D eigenvalue weighted by Crippen LogP contribution is -2.28. The van der Waals surface area contributed by atoms with Crippen LogP contribution in [0.5, 0.6) is 0 Å². The van der Waals surface area contributed by atoms with Gasteiger partial charge in [-0.25, -0.2) is 9.37 Å². The number of aliphatic hydroxyl groups excluding tert-OH is 1. The van der Waals surface area contributed by atoms with E-state index in [1.165, 1.54) is 12.1 Å². The SMILES string of the molecule is O=C(Cc1nc2ccccc2n1CC(O)COCc1ccccc1)NCc1ccc(F)cc1. The lowest BCUT2D eigenvalue weighted by molar-refractivity contribution is -0.120. The van der Waals surface area contributed by atoms with E-state index >= 15 is 0 Å². The summed E-state index contributed by atoms with van der Waals surface area (Å²) in [4.78, 5) is 17.2. The Morgan fingerprint density at radius 2 is 1.73 bits per heavy atom. The van der Waals surface area contributed by atoms with Gasteiger partial charge in [-0.3, -0.25) is 4.79 Å². The molecule has 0 radical (unpaired) electrons. The third-order valence-corrected chi connectivity index (χ3v) is 5.27. The largest absolute Gasteiger partial charge is 0.389 e. The number of rotatable bonds is 10. The second-order valence-corrected chi connectivity index (χ2v) is 7.86. The fourth-order valence-electron chi connectivity index (χ4n) is 3.62. The van der Waals surface area contributed by atoms with Crippen LogP contribution in [0.15, 0.2) is 78.9 Å². The van der Waals surface area contributed by atoms with Gasteiger partial charge in [0.15, 0.2) is 0 Å². The second-order valence-electron chi connectivity index (χ2n) is 7.86. The number of amides is 1. The molecule has 0 saturated carbocycles. The van der Waals surface area contributed by atoms with Crippen molar-refractivity contribution in [3.63, 3.8) is 0 Å². The standard InChI is InChI=1S/C26H26FN3O3/c27-21-12-10-19(11-13-21)15-28-26(32)14-25-29-23-8-4-5-9-24(23)30(25)16-22(31)18-33-17-20-6-2-1-3-7-20/h1-13,22,31H,14-18H2,(H,28,32). The number of carbonyl (C=O) groups is 1. The minimum Gasteiger partial charge on any atom is -0.389 e. The molecule has 0 aliphatic rings. The lowest BCUT2D eigenvalue weighted by Gasteiger charge is -2.15. The van der Waals surface area contributed by atoms with Gasteiger partial charge in [0, 0.05) is 6.54 Å². The highest BCUT2D eigenvalue weighted by Gasteiger charge is 2.17. The highest BCUT2D eigenvalue weighted by Crippen LogP contribution is 2.17. The van der Waals surface area contributed by atoms with Crippen molar-refractivity contribution in [2.24, 2.45) is 0 Å². The fraction of sp³-hybridized carbons (Fsp3) is 0.231. The summed E-state index contributed by atoms with van der Waals surface area (Å²) in [5.41, 5.74) is 3.46. The van der Waals surface area contributed by atoms with Crippen molar-refractivity contribution in [1.29, 1.82) is 0 Å². The van der Waals surface area contributed by atoms with Crippen LogP contribution in [-0.4, -0.2) is 33.3 Å². The van der Waals surface area contributed by atoms with Crippen LogP contribution in [0.3, 0.4) is 0 Å². The molecule has 1 unspecified atom stereocenters. The monoisotopic (exact) mass is 447 g/mol. The normalized spacial score (nSPS) is 12.1.